The zero-order chi connectivity index (χ0) is 19.0. The Kier molecular flexibility index (Phi) is 5.06. The van der Waals surface area contributed by atoms with Gasteiger partial charge in [0.1, 0.15) is 11.4 Å². The van der Waals surface area contributed by atoms with E-state index in [1.54, 1.807) is 12.3 Å². The molecule has 1 aromatic carbocycles. The van der Waals surface area contributed by atoms with Crippen LogP contribution in [0.1, 0.15) is 48.5 Å². The van der Waals surface area contributed by atoms with Gasteiger partial charge in [-0.3, -0.25) is 9.48 Å². The molecule has 2 fully saturated rings. The van der Waals surface area contributed by atoms with Gasteiger partial charge >= 0.3 is 0 Å². The molecule has 0 bridgehead atoms. The molecule has 1 saturated heterocycles. The van der Waals surface area contributed by atoms with Crippen molar-refractivity contribution in [1.29, 1.82) is 0 Å². The fourth-order valence-corrected chi connectivity index (χ4v) is 4.07. The van der Waals surface area contributed by atoms with Gasteiger partial charge < -0.3 is 16.0 Å². The van der Waals surface area contributed by atoms with E-state index in [0.29, 0.717) is 23.1 Å². The van der Waals surface area contributed by atoms with E-state index in [0.717, 1.165) is 25.7 Å². The first-order chi connectivity index (χ1) is 13.0. The molecule has 1 saturated carbocycles. The molecule has 4 rings (SSSR count). The summed E-state index contributed by atoms with van der Waals surface area (Å²) in [5.74, 6) is -0.757. The lowest BCUT2D eigenvalue weighted by atomic mass is 9.89. The summed E-state index contributed by atoms with van der Waals surface area (Å²) in [5.41, 5.74) is 6.28. The van der Waals surface area contributed by atoms with Crippen LogP contribution in [0.5, 0.6) is 0 Å². The highest BCUT2D eigenvalue weighted by molar-refractivity contribution is 6.30. The number of carbonyl (C=O) groups excluding carboxylic acids is 1. The topological polar surface area (TPSA) is 76.2 Å². The fourth-order valence-electron chi connectivity index (χ4n) is 3.96. The second-order valence-electron chi connectivity index (χ2n) is 7.34. The number of halogens is 2. The van der Waals surface area contributed by atoms with Crippen molar-refractivity contribution in [3.05, 3.63) is 40.8 Å². The number of benzene rings is 1. The van der Waals surface area contributed by atoms with Crippen molar-refractivity contribution in [3.8, 4) is 0 Å². The van der Waals surface area contributed by atoms with Crippen molar-refractivity contribution in [2.24, 2.45) is 5.73 Å². The van der Waals surface area contributed by atoms with E-state index in [-0.39, 0.29) is 11.1 Å². The molecule has 1 aliphatic carbocycles. The lowest BCUT2D eigenvalue weighted by Gasteiger charge is -2.42. The van der Waals surface area contributed by atoms with Crippen LogP contribution < -0.4 is 11.1 Å². The van der Waals surface area contributed by atoms with Gasteiger partial charge in [-0.1, -0.05) is 11.6 Å². The first-order valence-corrected chi connectivity index (χ1v) is 9.74. The Bertz CT molecular complexity index is 843. The van der Waals surface area contributed by atoms with Gasteiger partial charge in [-0.05, 0) is 63.4 Å². The van der Waals surface area contributed by atoms with Gasteiger partial charge in [-0.25, -0.2) is 4.39 Å². The SMILES string of the molecule is NC(=O)c1cn(C2CCC(N3CCC3)CC2)nc1Nc1ccc(Cl)c(F)c1. The average Bonchev–Trinajstić information content (AvgIpc) is 3.01. The molecule has 8 heteroatoms. The summed E-state index contributed by atoms with van der Waals surface area (Å²) in [6.45, 7) is 2.43. The Labute approximate surface area is 162 Å². The standard InChI is InChI=1S/C19H23ClFN5O/c20-16-7-2-12(10-17(16)21)23-19-15(18(22)27)11-26(24-19)14-5-3-13(4-6-14)25-8-1-9-25/h2,7,10-11,13-14H,1,3-6,8-9H2,(H2,22,27)(H,23,24). The molecule has 0 atom stereocenters. The number of anilines is 2. The highest BCUT2D eigenvalue weighted by atomic mass is 35.5. The van der Waals surface area contributed by atoms with Crippen LogP contribution in [-0.2, 0) is 0 Å². The van der Waals surface area contributed by atoms with E-state index in [1.165, 1.54) is 31.6 Å². The van der Waals surface area contributed by atoms with Crippen molar-refractivity contribution in [1.82, 2.24) is 14.7 Å². The number of amides is 1. The number of primary amides is 1. The molecule has 1 amide bonds. The van der Waals surface area contributed by atoms with Crippen LogP contribution in [0.3, 0.4) is 0 Å². The van der Waals surface area contributed by atoms with E-state index in [1.807, 2.05) is 4.68 Å². The number of hydrogen-bond acceptors (Lipinski definition) is 4. The Morgan fingerprint density at radius 1 is 1.22 bits per heavy atom. The van der Waals surface area contributed by atoms with Crippen molar-refractivity contribution in [3.63, 3.8) is 0 Å². The summed E-state index contributed by atoms with van der Waals surface area (Å²) >= 11 is 5.72. The molecule has 0 spiro atoms. The molecule has 2 aliphatic rings. The third-order valence-electron chi connectivity index (χ3n) is 5.63. The molecule has 2 aromatic rings. The van der Waals surface area contributed by atoms with Gasteiger partial charge in [0.2, 0.25) is 0 Å². The number of nitrogens with two attached hydrogens (primary N) is 1. The maximum Gasteiger partial charge on any atom is 0.254 e. The van der Waals surface area contributed by atoms with E-state index in [9.17, 15) is 9.18 Å². The van der Waals surface area contributed by atoms with Gasteiger partial charge in [0.15, 0.2) is 5.82 Å². The Hall–Kier alpha value is -2.12. The third-order valence-corrected chi connectivity index (χ3v) is 5.93. The van der Waals surface area contributed by atoms with Crippen LogP contribution in [0.15, 0.2) is 24.4 Å². The fraction of sp³-hybridized carbons (Fsp3) is 0.474. The van der Waals surface area contributed by atoms with Gasteiger partial charge in [0, 0.05) is 17.9 Å². The van der Waals surface area contributed by atoms with Crippen molar-refractivity contribution >= 4 is 29.0 Å². The van der Waals surface area contributed by atoms with Crippen LogP contribution in [0.4, 0.5) is 15.9 Å². The minimum absolute atomic E-state index is 0.0418. The molecule has 27 heavy (non-hydrogen) atoms. The largest absolute Gasteiger partial charge is 0.365 e. The molecule has 3 N–H and O–H groups in total. The Morgan fingerprint density at radius 2 is 1.93 bits per heavy atom. The maximum absolute atomic E-state index is 13.7. The Balaban J connectivity index is 1.50. The van der Waals surface area contributed by atoms with E-state index < -0.39 is 11.7 Å². The number of hydrogen-bond donors (Lipinski definition) is 2. The summed E-state index contributed by atoms with van der Waals surface area (Å²) in [7, 11) is 0. The van der Waals surface area contributed by atoms with Crippen LogP contribution >= 0.6 is 11.6 Å². The number of nitrogens with one attached hydrogen (secondary N) is 1. The van der Waals surface area contributed by atoms with E-state index in [2.05, 4.69) is 15.3 Å². The van der Waals surface area contributed by atoms with Crippen LogP contribution in [0.25, 0.3) is 0 Å². The molecule has 144 valence electrons. The molecule has 0 unspecified atom stereocenters. The lowest BCUT2D eigenvalue weighted by molar-refractivity contribution is 0.0787. The number of nitrogens with zero attached hydrogens (tertiary/aromatic N) is 3. The van der Waals surface area contributed by atoms with E-state index >= 15 is 0 Å². The average molecular weight is 392 g/mol. The predicted molar refractivity (Wildman–Crippen MR) is 103 cm³/mol. The molecule has 6 nitrogen and oxygen atoms in total. The molecular weight excluding hydrogens is 369 g/mol. The number of rotatable bonds is 5. The second kappa shape index (κ2) is 7.48. The monoisotopic (exact) mass is 391 g/mol. The van der Waals surface area contributed by atoms with Gasteiger partial charge in [-0.2, -0.15) is 5.10 Å². The minimum Gasteiger partial charge on any atom is -0.365 e. The van der Waals surface area contributed by atoms with Crippen LogP contribution in [0.2, 0.25) is 5.02 Å². The zero-order valence-corrected chi connectivity index (χ0v) is 15.8. The third kappa shape index (κ3) is 3.80. The van der Waals surface area contributed by atoms with Crippen molar-refractivity contribution < 1.29 is 9.18 Å². The molecule has 2 heterocycles. The predicted octanol–water partition coefficient (Wildman–Crippen LogP) is 3.71. The van der Waals surface area contributed by atoms with Crippen molar-refractivity contribution in [2.75, 3.05) is 18.4 Å². The normalized spacial score (nSPS) is 23.0. The van der Waals surface area contributed by atoms with Crippen molar-refractivity contribution in [2.45, 2.75) is 44.2 Å². The number of aromatic nitrogens is 2. The quantitative estimate of drug-likeness (QED) is 0.814. The molecule has 1 aromatic heterocycles. The molecule has 0 radical (unpaired) electrons. The van der Waals surface area contributed by atoms with Crippen LogP contribution in [-0.4, -0.2) is 39.7 Å². The summed E-state index contributed by atoms with van der Waals surface area (Å²) < 4.78 is 15.5. The number of likely N-dealkylation sites (tertiary alicyclic amines) is 1. The first-order valence-electron chi connectivity index (χ1n) is 9.36. The molecule has 1 aliphatic heterocycles. The molecular formula is C19H23ClFN5O. The zero-order valence-electron chi connectivity index (χ0n) is 15.0. The van der Waals surface area contributed by atoms with Gasteiger partial charge in [0.05, 0.1) is 11.1 Å². The summed E-state index contributed by atoms with van der Waals surface area (Å²) in [6.07, 6.45) is 7.34. The Morgan fingerprint density at radius 3 is 2.52 bits per heavy atom. The van der Waals surface area contributed by atoms with E-state index in [4.69, 9.17) is 17.3 Å². The first kappa shape index (κ1) is 18.3. The highest BCUT2D eigenvalue weighted by Gasteiger charge is 2.30. The van der Waals surface area contributed by atoms with Gasteiger partial charge in [-0.15, -0.1) is 0 Å². The second-order valence-corrected chi connectivity index (χ2v) is 7.75. The van der Waals surface area contributed by atoms with Gasteiger partial charge in [0.25, 0.3) is 5.91 Å². The van der Waals surface area contributed by atoms with Crippen LogP contribution in [0, 0.1) is 5.82 Å². The highest BCUT2D eigenvalue weighted by Crippen LogP contribution is 2.34. The maximum atomic E-state index is 13.7. The number of carbonyl (C=O) groups is 1. The summed E-state index contributed by atoms with van der Waals surface area (Å²) in [6, 6.07) is 5.28. The minimum atomic E-state index is -0.563. The summed E-state index contributed by atoms with van der Waals surface area (Å²) in [4.78, 5) is 14.4. The smallest absolute Gasteiger partial charge is 0.254 e. The lowest BCUT2D eigenvalue weighted by Crippen LogP contribution is -2.46. The summed E-state index contributed by atoms with van der Waals surface area (Å²) in [5, 5.41) is 7.57.